The van der Waals surface area contributed by atoms with Crippen LogP contribution in [-0.2, 0) is 6.42 Å². The molecule has 19 heavy (non-hydrogen) atoms. The average Bonchev–Trinajstić information content (AvgIpc) is 3.10. The number of nitrogens with zero attached hydrogens (tertiary/aromatic N) is 2. The molecular formula is C15H14N2O2. The molecule has 96 valence electrons. The number of hydrogen-bond acceptors (Lipinski definition) is 3. The van der Waals surface area contributed by atoms with E-state index < -0.39 is 6.10 Å². The topological polar surface area (TPSA) is 51.2 Å². The molecule has 1 unspecified atom stereocenters. The van der Waals surface area contributed by atoms with Crippen molar-refractivity contribution in [2.24, 2.45) is 0 Å². The Kier molecular flexibility index (Phi) is 3.16. The maximum Gasteiger partial charge on any atom is 0.0935 e. The summed E-state index contributed by atoms with van der Waals surface area (Å²) < 4.78 is 6.75. The van der Waals surface area contributed by atoms with E-state index in [4.69, 9.17) is 4.42 Å². The number of rotatable bonds is 4. The molecule has 0 saturated carbocycles. The molecule has 1 atom stereocenters. The predicted octanol–water partition coefficient (Wildman–Crippen LogP) is 2.74. The van der Waals surface area contributed by atoms with Gasteiger partial charge in [-0.2, -0.15) is 5.10 Å². The summed E-state index contributed by atoms with van der Waals surface area (Å²) in [5.74, 6) is 0. The molecule has 4 heteroatoms. The number of furan rings is 1. The van der Waals surface area contributed by atoms with Crippen molar-refractivity contribution in [2.75, 3.05) is 0 Å². The lowest BCUT2D eigenvalue weighted by Gasteiger charge is -2.05. The highest BCUT2D eigenvalue weighted by molar-refractivity contribution is 5.31. The van der Waals surface area contributed by atoms with Crippen LogP contribution in [-0.4, -0.2) is 14.9 Å². The van der Waals surface area contributed by atoms with Crippen LogP contribution in [0.1, 0.15) is 17.2 Å². The van der Waals surface area contributed by atoms with E-state index in [9.17, 15) is 5.11 Å². The summed E-state index contributed by atoms with van der Waals surface area (Å²) in [5.41, 5.74) is 2.74. The molecule has 2 heterocycles. The number of benzene rings is 1. The van der Waals surface area contributed by atoms with Crippen LogP contribution in [0.2, 0.25) is 0 Å². The van der Waals surface area contributed by atoms with E-state index in [0.29, 0.717) is 6.42 Å². The maximum absolute atomic E-state index is 10.2. The monoisotopic (exact) mass is 254 g/mol. The predicted molar refractivity (Wildman–Crippen MR) is 70.9 cm³/mol. The lowest BCUT2D eigenvalue weighted by atomic mass is 10.1. The summed E-state index contributed by atoms with van der Waals surface area (Å²) in [7, 11) is 0. The molecule has 0 spiro atoms. The Balaban J connectivity index is 1.78. The van der Waals surface area contributed by atoms with Crippen molar-refractivity contribution in [3.05, 3.63) is 72.4 Å². The Hall–Kier alpha value is -2.33. The molecule has 0 fully saturated rings. The molecule has 3 rings (SSSR count). The van der Waals surface area contributed by atoms with Gasteiger partial charge in [0.1, 0.15) is 0 Å². The van der Waals surface area contributed by atoms with Crippen molar-refractivity contribution < 1.29 is 9.52 Å². The van der Waals surface area contributed by atoms with Crippen LogP contribution in [0.4, 0.5) is 0 Å². The van der Waals surface area contributed by atoms with Gasteiger partial charge in [0, 0.05) is 18.2 Å². The highest BCUT2D eigenvalue weighted by Gasteiger charge is 2.12. The van der Waals surface area contributed by atoms with E-state index in [0.717, 1.165) is 16.8 Å². The van der Waals surface area contributed by atoms with Crippen LogP contribution in [0.3, 0.4) is 0 Å². The van der Waals surface area contributed by atoms with E-state index in [1.54, 1.807) is 23.4 Å². The van der Waals surface area contributed by atoms with Crippen LogP contribution in [0, 0.1) is 0 Å². The molecule has 0 amide bonds. The quantitative estimate of drug-likeness (QED) is 0.778. The zero-order chi connectivity index (χ0) is 13.1. The van der Waals surface area contributed by atoms with Crippen LogP contribution >= 0.6 is 0 Å². The molecule has 0 aliphatic rings. The Labute approximate surface area is 110 Å². The second-order valence-electron chi connectivity index (χ2n) is 4.41. The van der Waals surface area contributed by atoms with Gasteiger partial charge < -0.3 is 9.52 Å². The summed E-state index contributed by atoms with van der Waals surface area (Å²) >= 11 is 0. The zero-order valence-corrected chi connectivity index (χ0v) is 10.3. The summed E-state index contributed by atoms with van der Waals surface area (Å²) in [4.78, 5) is 0. The largest absolute Gasteiger partial charge is 0.472 e. The van der Waals surface area contributed by atoms with Gasteiger partial charge in [0.15, 0.2) is 0 Å². The molecule has 0 radical (unpaired) electrons. The molecule has 0 aliphatic heterocycles. The Morgan fingerprint density at radius 1 is 1.21 bits per heavy atom. The van der Waals surface area contributed by atoms with Gasteiger partial charge in [0.2, 0.25) is 0 Å². The van der Waals surface area contributed by atoms with Gasteiger partial charge in [-0.25, -0.2) is 4.68 Å². The standard InChI is InChI=1S/C15H14N2O2/c18-15(8-12-6-7-19-11-12)13-9-16-17(10-13)14-4-2-1-3-5-14/h1-7,9-11,15,18H,8H2. The Morgan fingerprint density at radius 3 is 2.79 bits per heavy atom. The third-order valence-electron chi connectivity index (χ3n) is 3.02. The molecule has 2 aromatic heterocycles. The summed E-state index contributed by atoms with van der Waals surface area (Å²) in [6, 6.07) is 11.7. The van der Waals surface area contributed by atoms with Gasteiger partial charge in [-0.15, -0.1) is 0 Å². The normalized spacial score (nSPS) is 12.5. The van der Waals surface area contributed by atoms with E-state index in [1.165, 1.54) is 0 Å². The van der Waals surface area contributed by atoms with Crippen LogP contribution < -0.4 is 0 Å². The SMILES string of the molecule is OC(Cc1ccoc1)c1cnn(-c2ccccc2)c1. The van der Waals surface area contributed by atoms with Crippen LogP contribution in [0.25, 0.3) is 5.69 Å². The van der Waals surface area contributed by atoms with Crippen molar-refractivity contribution in [3.63, 3.8) is 0 Å². The molecule has 1 aromatic carbocycles. The fourth-order valence-corrected chi connectivity index (χ4v) is 1.98. The van der Waals surface area contributed by atoms with Gasteiger partial charge in [0.05, 0.1) is 30.5 Å². The molecular weight excluding hydrogens is 240 g/mol. The van der Waals surface area contributed by atoms with E-state index in [1.807, 2.05) is 42.6 Å². The van der Waals surface area contributed by atoms with Gasteiger partial charge >= 0.3 is 0 Å². The second kappa shape index (κ2) is 5.12. The first kappa shape index (κ1) is 11.7. The van der Waals surface area contributed by atoms with E-state index >= 15 is 0 Å². The first-order chi connectivity index (χ1) is 9.33. The Morgan fingerprint density at radius 2 is 2.05 bits per heavy atom. The third kappa shape index (κ3) is 2.58. The highest BCUT2D eigenvalue weighted by Crippen LogP contribution is 2.19. The van der Waals surface area contributed by atoms with E-state index in [-0.39, 0.29) is 0 Å². The van der Waals surface area contributed by atoms with Crippen LogP contribution in [0.15, 0.2) is 65.7 Å². The molecule has 1 N–H and O–H groups in total. The van der Waals surface area contributed by atoms with Gasteiger partial charge in [-0.1, -0.05) is 18.2 Å². The first-order valence-electron chi connectivity index (χ1n) is 6.12. The minimum Gasteiger partial charge on any atom is -0.472 e. The zero-order valence-electron chi connectivity index (χ0n) is 10.3. The number of hydrogen-bond donors (Lipinski definition) is 1. The van der Waals surface area contributed by atoms with Crippen LogP contribution in [0.5, 0.6) is 0 Å². The number of aliphatic hydroxyl groups excluding tert-OH is 1. The first-order valence-corrected chi connectivity index (χ1v) is 6.12. The van der Waals surface area contributed by atoms with E-state index in [2.05, 4.69) is 5.10 Å². The summed E-state index contributed by atoms with van der Waals surface area (Å²) in [5, 5.41) is 14.4. The van der Waals surface area contributed by atoms with Crippen molar-refractivity contribution >= 4 is 0 Å². The number of para-hydroxylation sites is 1. The van der Waals surface area contributed by atoms with Crippen molar-refractivity contribution in [1.29, 1.82) is 0 Å². The lowest BCUT2D eigenvalue weighted by Crippen LogP contribution is -2.00. The molecule has 0 saturated heterocycles. The molecule has 0 bridgehead atoms. The molecule has 0 aliphatic carbocycles. The molecule has 3 aromatic rings. The third-order valence-corrected chi connectivity index (χ3v) is 3.02. The lowest BCUT2D eigenvalue weighted by molar-refractivity contribution is 0.178. The van der Waals surface area contributed by atoms with Gasteiger partial charge in [-0.05, 0) is 23.8 Å². The smallest absolute Gasteiger partial charge is 0.0935 e. The van der Waals surface area contributed by atoms with Gasteiger partial charge in [0.25, 0.3) is 0 Å². The summed E-state index contributed by atoms with van der Waals surface area (Å²) in [6.07, 6.45) is 6.74. The number of aromatic nitrogens is 2. The van der Waals surface area contributed by atoms with Crippen molar-refractivity contribution in [2.45, 2.75) is 12.5 Å². The van der Waals surface area contributed by atoms with Crippen molar-refractivity contribution in [3.8, 4) is 5.69 Å². The Bertz CT molecular complexity index is 629. The number of aliphatic hydroxyl groups is 1. The minimum atomic E-state index is -0.574. The van der Waals surface area contributed by atoms with Gasteiger partial charge in [-0.3, -0.25) is 0 Å². The average molecular weight is 254 g/mol. The highest BCUT2D eigenvalue weighted by atomic mass is 16.3. The van der Waals surface area contributed by atoms with Crippen molar-refractivity contribution in [1.82, 2.24) is 9.78 Å². The maximum atomic E-state index is 10.2. The molecule has 4 nitrogen and oxygen atoms in total. The fourth-order valence-electron chi connectivity index (χ4n) is 1.98. The minimum absolute atomic E-state index is 0.525. The summed E-state index contributed by atoms with van der Waals surface area (Å²) in [6.45, 7) is 0. The second-order valence-corrected chi connectivity index (χ2v) is 4.41. The fraction of sp³-hybridized carbons (Fsp3) is 0.133.